The van der Waals surface area contributed by atoms with Crippen molar-refractivity contribution in [3.63, 3.8) is 0 Å². The van der Waals surface area contributed by atoms with Crippen molar-refractivity contribution < 1.29 is 8.42 Å². The zero-order valence-electron chi connectivity index (χ0n) is 9.67. The third-order valence-corrected chi connectivity index (χ3v) is 5.47. The number of nitrogens with zero attached hydrogens (tertiary/aromatic N) is 2. The van der Waals surface area contributed by atoms with Gasteiger partial charge in [0.25, 0.3) is 0 Å². The molecule has 0 saturated carbocycles. The molecule has 0 radical (unpaired) electrons. The Morgan fingerprint density at radius 2 is 1.71 bits per heavy atom. The maximum absolute atomic E-state index is 12.4. The molecule has 2 heterocycles. The molecule has 1 aromatic rings. The fraction of sp³-hybridized carbons (Fsp3) is 0.500. The molecule has 0 unspecified atom stereocenters. The van der Waals surface area contributed by atoms with Gasteiger partial charge in [-0.05, 0) is 30.9 Å². The summed E-state index contributed by atoms with van der Waals surface area (Å²) in [7, 11) is -3.29. The molecule has 0 atom stereocenters. The van der Waals surface area contributed by atoms with Crippen molar-refractivity contribution in [2.75, 3.05) is 23.9 Å². The lowest BCUT2D eigenvalue weighted by atomic mass is 10.2. The van der Waals surface area contributed by atoms with Crippen LogP contribution < -0.4 is 4.31 Å². The van der Waals surface area contributed by atoms with E-state index in [0.717, 1.165) is 30.5 Å². The van der Waals surface area contributed by atoms with Crippen LogP contribution in [0.4, 0.5) is 5.69 Å². The largest absolute Gasteiger partial charge is 0.304 e. The van der Waals surface area contributed by atoms with E-state index in [9.17, 15) is 8.42 Å². The molecular weight excluding hydrogens is 236 g/mol. The summed E-state index contributed by atoms with van der Waals surface area (Å²) in [5.41, 5.74) is 2.00. The van der Waals surface area contributed by atoms with Crippen LogP contribution in [0.25, 0.3) is 0 Å². The first-order chi connectivity index (χ1) is 8.19. The van der Waals surface area contributed by atoms with Gasteiger partial charge in [-0.25, -0.2) is 0 Å². The van der Waals surface area contributed by atoms with Crippen LogP contribution in [0, 0.1) is 0 Å². The first kappa shape index (κ1) is 11.0. The molecule has 5 heteroatoms. The molecule has 0 bridgehead atoms. The van der Waals surface area contributed by atoms with Gasteiger partial charge in [0.2, 0.25) is 0 Å². The van der Waals surface area contributed by atoms with Gasteiger partial charge < -0.3 is 0 Å². The van der Waals surface area contributed by atoms with Crippen LogP contribution in [-0.2, 0) is 16.6 Å². The standard InChI is InChI=1S/C12H16N2O2S/c15-17(16,13-8-3-4-9-13)14-10-7-11-5-1-2-6-12(11)14/h1-2,5-6H,3-4,7-10H2. The molecule has 2 aliphatic heterocycles. The van der Waals surface area contributed by atoms with E-state index in [1.54, 1.807) is 8.61 Å². The lowest BCUT2D eigenvalue weighted by Gasteiger charge is -2.25. The lowest BCUT2D eigenvalue weighted by Crippen LogP contribution is -2.41. The second-order valence-corrected chi connectivity index (χ2v) is 6.42. The van der Waals surface area contributed by atoms with Crippen molar-refractivity contribution >= 4 is 15.9 Å². The predicted molar refractivity (Wildman–Crippen MR) is 67.2 cm³/mol. The molecule has 2 aliphatic rings. The highest BCUT2D eigenvalue weighted by molar-refractivity contribution is 7.90. The van der Waals surface area contributed by atoms with Crippen molar-refractivity contribution in [3.8, 4) is 0 Å². The van der Waals surface area contributed by atoms with Gasteiger partial charge in [-0.15, -0.1) is 0 Å². The highest BCUT2D eigenvalue weighted by Gasteiger charge is 2.35. The van der Waals surface area contributed by atoms with Gasteiger partial charge in [-0.3, -0.25) is 4.31 Å². The van der Waals surface area contributed by atoms with E-state index in [0.29, 0.717) is 19.6 Å². The topological polar surface area (TPSA) is 40.6 Å². The van der Waals surface area contributed by atoms with Gasteiger partial charge in [0.05, 0.1) is 5.69 Å². The third-order valence-electron chi connectivity index (χ3n) is 3.51. The highest BCUT2D eigenvalue weighted by atomic mass is 32.2. The van der Waals surface area contributed by atoms with Gasteiger partial charge in [-0.1, -0.05) is 18.2 Å². The molecule has 0 amide bonds. The summed E-state index contributed by atoms with van der Waals surface area (Å²) in [5.74, 6) is 0. The molecule has 1 fully saturated rings. The molecular formula is C12H16N2O2S. The van der Waals surface area contributed by atoms with Crippen LogP contribution >= 0.6 is 0 Å². The van der Waals surface area contributed by atoms with Crippen molar-refractivity contribution in [2.45, 2.75) is 19.3 Å². The van der Waals surface area contributed by atoms with Gasteiger partial charge in [0.15, 0.2) is 0 Å². The molecule has 0 N–H and O–H groups in total. The molecule has 17 heavy (non-hydrogen) atoms. The molecule has 92 valence electrons. The Morgan fingerprint density at radius 1 is 1.00 bits per heavy atom. The second-order valence-electron chi connectivity index (χ2n) is 4.56. The normalized spacial score (nSPS) is 20.8. The van der Waals surface area contributed by atoms with Crippen molar-refractivity contribution in [2.24, 2.45) is 0 Å². The van der Waals surface area contributed by atoms with Crippen LogP contribution in [0.5, 0.6) is 0 Å². The first-order valence-corrected chi connectivity index (χ1v) is 7.45. The number of rotatable bonds is 2. The van der Waals surface area contributed by atoms with E-state index in [4.69, 9.17) is 0 Å². The number of anilines is 1. The minimum Gasteiger partial charge on any atom is -0.257 e. The van der Waals surface area contributed by atoms with Crippen LogP contribution in [0.15, 0.2) is 24.3 Å². The Morgan fingerprint density at radius 3 is 2.47 bits per heavy atom. The zero-order valence-corrected chi connectivity index (χ0v) is 10.5. The summed E-state index contributed by atoms with van der Waals surface area (Å²) in [6.07, 6.45) is 2.78. The molecule has 4 nitrogen and oxygen atoms in total. The van der Waals surface area contributed by atoms with Crippen LogP contribution in [0.1, 0.15) is 18.4 Å². The maximum Gasteiger partial charge on any atom is 0.304 e. The Kier molecular flexibility index (Phi) is 2.60. The average Bonchev–Trinajstić information content (AvgIpc) is 2.99. The lowest BCUT2D eigenvalue weighted by molar-refractivity contribution is 0.474. The van der Waals surface area contributed by atoms with Crippen molar-refractivity contribution in [3.05, 3.63) is 29.8 Å². The monoisotopic (exact) mass is 252 g/mol. The summed E-state index contributed by atoms with van der Waals surface area (Å²) in [5, 5.41) is 0. The molecule has 0 aromatic heterocycles. The van der Waals surface area contributed by atoms with Gasteiger partial charge in [0.1, 0.15) is 0 Å². The summed E-state index contributed by atoms with van der Waals surface area (Å²) in [6, 6.07) is 7.77. The van der Waals surface area contributed by atoms with E-state index < -0.39 is 10.2 Å². The quantitative estimate of drug-likeness (QED) is 0.798. The smallest absolute Gasteiger partial charge is 0.257 e. The van der Waals surface area contributed by atoms with Gasteiger partial charge in [-0.2, -0.15) is 12.7 Å². The molecule has 0 spiro atoms. The molecule has 1 aromatic carbocycles. The number of hydrogen-bond acceptors (Lipinski definition) is 2. The number of benzene rings is 1. The summed E-state index contributed by atoms with van der Waals surface area (Å²) in [6.45, 7) is 1.92. The van der Waals surface area contributed by atoms with Crippen molar-refractivity contribution in [1.82, 2.24) is 4.31 Å². The van der Waals surface area contributed by atoms with Gasteiger partial charge >= 0.3 is 10.2 Å². The number of para-hydroxylation sites is 1. The SMILES string of the molecule is O=S(=O)(N1CCCC1)N1CCc2ccccc21. The minimum atomic E-state index is -3.29. The van der Waals surface area contributed by atoms with Crippen LogP contribution in [0.3, 0.4) is 0 Å². The fourth-order valence-electron chi connectivity index (χ4n) is 2.61. The third kappa shape index (κ3) is 1.73. The molecule has 1 saturated heterocycles. The van der Waals surface area contributed by atoms with E-state index in [1.165, 1.54) is 0 Å². The summed E-state index contributed by atoms with van der Waals surface area (Å²) in [4.78, 5) is 0. The maximum atomic E-state index is 12.4. The Bertz CT molecular complexity index is 521. The fourth-order valence-corrected chi connectivity index (χ4v) is 4.35. The predicted octanol–water partition coefficient (Wildman–Crippen LogP) is 1.39. The van der Waals surface area contributed by atoms with Crippen LogP contribution in [-0.4, -0.2) is 32.4 Å². The van der Waals surface area contributed by atoms with E-state index >= 15 is 0 Å². The van der Waals surface area contributed by atoms with E-state index in [1.807, 2.05) is 24.3 Å². The van der Waals surface area contributed by atoms with E-state index in [2.05, 4.69) is 0 Å². The number of fused-ring (bicyclic) bond motifs is 1. The Hall–Kier alpha value is -1.07. The molecule has 0 aliphatic carbocycles. The summed E-state index contributed by atoms with van der Waals surface area (Å²) < 4.78 is 28.1. The van der Waals surface area contributed by atoms with Gasteiger partial charge in [0, 0.05) is 19.6 Å². The second kappa shape index (κ2) is 3.99. The van der Waals surface area contributed by atoms with E-state index in [-0.39, 0.29) is 0 Å². The molecule has 3 rings (SSSR count). The Balaban J connectivity index is 1.96. The first-order valence-electron chi connectivity index (χ1n) is 6.05. The minimum absolute atomic E-state index is 0.582. The zero-order chi connectivity index (χ0) is 11.9. The highest BCUT2D eigenvalue weighted by Crippen LogP contribution is 2.31. The number of hydrogen-bond donors (Lipinski definition) is 0. The summed E-state index contributed by atoms with van der Waals surface area (Å²) >= 11 is 0. The van der Waals surface area contributed by atoms with Crippen molar-refractivity contribution in [1.29, 1.82) is 0 Å². The Labute approximate surface area is 102 Å². The van der Waals surface area contributed by atoms with Crippen LogP contribution in [0.2, 0.25) is 0 Å². The average molecular weight is 252 g/mol.